The summed E-state index contributed by atoms with van der Waals surface area (Å²) < 4.78 is 64.6. The Morgan fingerprint density at radius 3 is 2.21 bits per heavy atom. The molecule has 0 atom stereocenters. The molecule has 0 unspecified atom stereocenters. The largest absolute Gasteiger partial charge is 0.522 e. The van der Waals surface area contributed by atoms with Crippen LogP contribution in [0.2, 0.25) is 5.02 Å². The molecule has 1 heterocycles. The van der Waals surface area contributed by atoms with Crippen molar-refractivity contribution in [3.8, 4) is 5.75 Å². The molecule has 11 heteroatoms. The van der Waals surface area contributed by atoms with E-state index in [2.05, 4.69) is 29.3 Å². The zero-order chi connectivity index (χ0) is 24.6. The van der Waals surface area contributed by atoms with Crippen LogP contribution in [0, 0.1) is 0 Å². The van der Waals surface area contributed by atoms with E-state index in [-0.39, 0.29) is 0 Å². The average Bonchev–Trinajstić information content (AvgIpc) is 2.74. The van der Waals surface area contributed by atoms with Crippen LogP contribution in [-0.4, -0.2) is 30.2 Å². The lowest BCUT2D eigenvalue weighted by molar-refractivity contribution is -0.0510. The molecule has 0 saturated carbocycles. The number of hydrogen-bond acceptors (Lipinski definition) is 4. The number of aryl methyl sites for hydroxylation is 3. The average molecular weight is 503 g/mol. The molecule has 0 spiro atoms. The molecule has 0 radical (unpaired) electrons. The van der Waals surface area contributed by atoms with Gasteiger partial charge in [0.15, 0.2) is 0 Å². The van der Waals surface area contributed by atoms with Crippen LogP contribution in [0.5, 0.6) is 5.75 Å². The van der Waals surface area contributed by atoms with Crippen molar-refractivity contribution in [2.75, 3.05) is 7.11 Å². The summed E-state index contributed by atoms with van der Waals surface area (Å²) >= 11 is 6.26. The molecule has 0 fully saturated rings. The summed E-state index contributed by atoms with van der Waals surface area (Å²) in [5.74, 6) is 0.887. The molecule has 0 amide bonds. The molecule has 0 aliphatic carbocycles. The normalized spacial score (nSPS) is 12.2. The maximum Gasteiger partial charge on any atom is 0.522 e. The molecule has 33 heavy (non-hydrogen) atoms. The first-order valence-electron chi connectivity index (χ1n) is 9.51. The van der Waals surface area contributed by atoms with Crippen molar-refractivity contribution < 1.29 is 30.9 Å². The van der Waals surface area contributed by atoms with Crippen molar-refractivity contribution in [2.45, 2.75) is 18.3 Å². The Labute approximate surface area is 194 Å². The third kappa shape index (κ3) is 8.56. The van der Waals surface area contributed by atoms with Gasteiger partial charge in [0.05, 0.1) is 23.2 Å². The van der Waals surface area contributed by atoms with Gasteiger partial charge < -0.3 is 9.30 Å². The third-order valence-electron chi connectivity index (χ3n) is 4.34. The van der Waals surface area contributed by atoms with Gasteiger partial charge in [-0.3, -0.25) is 4.55 Å². The number of aromatic nitrogens is 1. The molecule has 178 valence electrons. The highest BCUT2D eigenvalue weighted by Crippen LogP contribution is 2.20. The van der Waals surface area contributed by atoms with Gasteiger partial charge in [0.25, 0.3) is 0 Å². The van der Waals surface area contributed by atoms with E-state index in [0.717, 1.165) is 29.6 Å². The summed E-state index contributed by atoms with van der Waals surface area (Å²) in [6, 6.07) is 18.4. The Morgan fingerprint density at radius 2 is 1.67 bits per heavy atom. The van der Waals surface area contributed by atoms with E-state index in [4.69, 9.17) is 29.3 Å². The van der Waals surface area contributed by atoms with Crippen molar-refractivity contribution in [3.05, 3.63) is 88.5 Å². The molecular weight excluding hydrogens is 481 g/mol. The van der Waals surface area contributed by atoms with Crippen LogP contribution in [0.4, 0.5) is 18.9 Å². The van der Waals surface area contributed by atoms with Crippen molar-refractivity contribution >= 4 is 27.4 Å². The number of pyridine rings is 1. The van der Waals surface area contributed by atoms with Gasteiger partial charge in [-0.05, 0) is 54.3 Å². The first-order chi connectivity index (χ1) is 15.4. The summed E-state index contributed by atoms with van der Waals surface area (Å²) in [6.45, 7) is 0. The van der Waals surface area contributed by atoms with Crippen molar-refractivity contribution in [3.63, 3.8) is 0 Å². The number of ether oxygens (including phenoxy) is 1. The topological polar surface area (TPSA) is 80.9 Å². The second-order valence-electron chi connectivity index (χ2n) is 6.89. The lowest BCUT2D eigenvalue weighted by Gasteiger charge is -2.05. The van der Waals surface area contributed by atoms with Crippen LogP contribution in [0.15, 0.2) is 72.0 Å². The zero-order valence-electron chi connectivity index (χ0n) is 17.8. The molecule has 6 nitrogen and oxygen atoms in total. The first kappa shape index (κ1) is 26.4. The van der Waals surface area contributed by atoms with Crippen molar-refractivity contribution in [1.82, 2.24) is 4.57 Å². The Morgan fingerprint density at radius 1 is 1.06 bits per heavy atom. The van der Waals surface area contributed by atoms with Gasteiger partial charge in [0, 0.05) is 19.4 Å². The Balaban J connectivity index is 0.000000414. The quantitative estimate of drug-likeness (QED) is 0.389. The van der Waals surface area contributed by atoms with Gasteiger partial charge in [-0.2, -0.15) is 21.6 Å². The van der Waals surface area contributed by atoms with Gasteiger partial charge in [-0.25, -0.2) is 4.99 Å². The van der Waals surface area contributed by atoms with E-state index >= 15 is 0 Å². The lowest BCUT2D eigenvalue weighted by Crippen LogP contribution is -2.21. The standard InChI is InChI=1S/C21H21ClN2O.CHF3O3S/c1-24-13-12-21(20(22)15-24)23-18-5-3-4-17(14-18)7-6-16-8-10-19(25-2)11-9-16;2-1(3,4)8(5,6)7/h3-5,8-15H,6-7H2,1-2H3;(H,5,6,7). The van der Waals surface area contributed by atoms with E-state index in [0.29, 0.717) is 5.02 Å². The molecule has 3 aromatic rings. The van der Waals surface area contributed by atoms with Gasteiger partial charge in [0.2, 0.25) is 0 Å². The van der Waals surface area contributed by atoms with Crippen LogP contribution in [-0.2, 0) is 30.0 Å². The molecule has 3 rings (SSSR count). The number of hydrogen-bond donors (Lipinski definition) is 1. The monoisotopic (exact) mass is 502 g/mol. The molecule has 0 saturated heterocycles. The van der Waals surface area contributed by atoms with Crippen molar-refractivity contribution in [2.24, 2.45) is 12.0 Å². The maximum absolute atomic E-state index is 10.7. The predicted molar refractivity (Wildman–Crippen MR) is 120 cm³/mol. The van der Waals surface area contributed by atoms with Gasteiger partial charge in [-0.15, -0.1) is 0 Å². The van der Waals surface area contributed by atoms with E-state index in [1.165, 1.54) is 11.1 Å². The highest BCUT2D eigenvalue weighted by atomic mass is 35.5. The van der Waals surface area contributed by atoms with Gasteiger partial charge >= 0.3 is 15.6 Å². The number of benzene rings is 2. The first-order valence-corrected chi connectivity index (χ1v) is 11.3. The summed E-state index contributed by atoms with van der Waals surface area (Å²) in [5, 5.41) is 1.43. The van der Waals surface area contributed by atoms with E-state index < -0.39 is 15.6 Å². The zero-order valence-corrected chi connectivity index (χ0v) is 19.3. The fraction of sp³-hybridized carbons (Fsp3) is 0.227. The predicted octanol–water partition coefficient (Wildman–Crippen LogP) is 5.10. The SMILES string of the molecule is COc1ccc(CCc2cccc(N=c3ccn(C)cc3Cl)c2)cc1.O=S(=O)(O)C(F)(F)F. The minimum absolute atomic E-state index is 0.647. The highest BCUT2D eigenvalue weighted by Gasteiger charge is 2.44. The molecule has 1 aromatic heterocycles. The van der Waals surface area contributed by atoms with Crippen LogP contribution in [0.1, 0.15) is 11.1 Å². The number of nitrogens with zero attached hydrogens (tertiary/aromatic N) is 2. The Kier molecular flexibility index (Phi) is 9.09. The minimum Gasteiger partial charge on any atom is -0.497 e. The van der Waals surface area contributed by atoms with E-state index in [1.807, 2.05) is 54.3 Å². The lowest BCUT2D eigenvalue weighted by atomic mass is 10.0. The number of methoxy groups -OCH3 is 1. The fourth-order valence-corrected chi connectivity index (χ4v) is 2.91. The maximum atomic E-state index is 10.7. The third-order valence-corrected chi connectivity index (χ3v) is 5.22. The van der Waals surface area contributed by atoms with E-state index in [9.17, 15) is 13.2 Å². The van der Waals surface area contributed by atoms with Crippen LogP contribution in [0.3, 0.4) is 0 Å². The highest BCUT2D eigenvalue weighted by molar-refractivity contribution is 7.86. The Hall–Kier alpha value is -2.82. The second kappa shape index (κ2) is 11.4. The smallest absolute Gasteiger partial charge is 0.497 e. The molecule has 0 aliphatic rings. The van der Waals surface area contributed by atoms with Crippen LogP contribution >= 0.6 is 11.6 Å². The number of halogens is 4. The molecule has 0 aliphatic heterocycles. The van der Waals surface area contributed by atoms with Gasteiger partial charge in [0.1, 0.15) is 5.75 Å². The fourth-order valence-electron chi connectivity index (χ4n) is 2.65. The Bertz CT molecular complexity index is 1240. The molecule has 2 aromatic carbocycles. The number of alkyl halides is 3. The molecular formula is C22H22ClF3N2O4S. The summed E-state index contributed by atoms with van der Waals surface area (Å²) in [5.41, 5.74) is -2.06. The van der Waals surface area contributed by atoms with Crippen LogP contribution < -0.4 is 10.1 Å². The van der Waals surface area contributed by atoms with Gasteiger partial charge in [-0.1, -0.05) is 35.9 Å². The van der Waals surface area contributed by atoms with E-state index in [1.54, 1.807) is 7.11 Å². The summed E-state index contributed by atoms with van der Waals surface area (Å²) in [6.07, 6.45) is 5.74. The van der Waals surface area contributed by atoms with Crippen LogP contribution in [0.25, 0.3) is 0 Å². The minimum atomic E-state index is -5.84. The second-order valence-corrected chi connectivity index (χ2v) is 8.71. The van der Waals surface area contributed by atoms with Crippen molar-refractivity contribution in [1.29, 1.82) is 0 Å². The molecule has 0 bridgehead atoms. The molecule has 1 N–H and O–H groups in total. The summed E-state index contributed by atoms with van der Waals surface area (Å²) in [4.78, 5) is 4.66. The number of rotatable bonds is 5. The summed E-state index contributed by atoms with van der Waals surface area (Å²) in [7, 11) is -2.22.